The highest BCUT2D eigenvalue weighted by Crippen LogP contribution is 2.36. The highest BCUT2D eigenvalue weighted by molar-refractivity contribution is 6.32. The maximum absolute atomic E-state index is 10.5. The average Bonchev–Trinajstić information content (AvgIpc) is 3.09. The Bertz CT molecular complexity index is 991. The molecule has 2 aromatic carbocycles. The van der Waals surface area contributed by atoms with Gasteiger partial charge >= 0.3 is 0 Å². The van der Waals surface area contributed by atoms with E-state index in [0.717, 1.165) is 16.8 Å². The van der Waals surface area contributed by atoms with E-state index >= 15 is 0 Å². The molecule has 32 heavy (non-hydrogen) atoms. The van der Waals surface area contributed by atoms with Crippen LogP contribution in [-0.2, 0) is 18.3 Å². The van der Waals surface area contributed by atoms with E-state index < -0.39 is 6.10 Å². The number of hydrogen-bond donors (Lipinski definition) is 1. The standard InChI is InChI=1S/C25H32ClN3O3/c1-5-31-17-20(30)15-29(18(2)3)16-21-24(19-11-7-6-8-12-19)27-28(4)25(21)32-23-14-10-9-13-22(23)26/h6-14,18,20,30H,5,15-17H2,1-4H3/t20-/m1/s1. The molecule has 0 aliphatic carbocycles. The molecule has 0 aliphatic heterocycles. The van der Waals surface area contributed by atoms with E-state index in [-0.39, 0.29) is 6.04 Å². The van der Waals surface area contributed by atoms with Crippen LogP contribution in [0.4, 0.5) is 0 Å². The zero-order valence-corrected chi connectivity index (χ0v) is 19.9. The Kier molecular flexibility index (Phi) is 8.70. The number of halogens is 1. The summed E-state index contributed by atoms with van der Waals surface area (Å²) in [7, 11) is 1.87. The van der Waals surface area contributed by atoms with E-state index in [0.29, 0.717) is 43.0 Å². The van der Waals surface area contributed by atoms with Crippen molar-refractivity contribution in [1.29, 1.82) is 0 Å². The summed E-state index contributed by atoms with van der Waals surface area (Å²) in [5.74, 6) is 1.20. The predicted molar refractivity (Wildman–Crippen MR) is 128 cm³/mol. The quantitative estimate of drug-likeness (QED) is 0.432. The van der Waals surface area contributed by atoms with Crippen molar-refractivity contribution >= 4 is 11.6 Å². The van der Waals surface area contributed by atoms with Crippen LogP contribution in [0.2, 0.25) is 5.02 Å². The summed E-state index contributed by atoms with van der Waals surface area (Å²) in [4.78, 5) is 2.20. The second kappa shape index (κ2) is 11.5. The average molecular weight is 458 g/mol. The Morgan fingerprint density at radius 3 is 2.44 bits per heavy atom. The molecule has 0 unspecified atom stereocenters. The molecular weight excluding hydrogens is 426 g/mol. The fourth-order valence-electron chi connectivity index (χ4n) is 3.52. The fraction of sp³-hybridized carbons (Fsp3) is 0.400. The monoisotopic (exact) mass is 457 g/mol. The third-order valence-corrected chi connectivity index (χ3v) is 5.54. The van der Waals surface area contributed by atoms with E-state index in [1.807, 2.05) is 62.5 Å². The molecule has 3 aromatic rings. The molecule has 3 rings (SSSR count). The Morgan fingerprint density at radius 2 is 1.78 bits per heavy atom. The number of aliphatic hydroxyl groups is 1. The first-order valence-corrected chi connectivity index (χ1v) is 11.3. The summed E-state index contributed by atoms with van der Waals surface area (Å²) in [5.41, 5.74) is 2.79. The first kappa shape index (κ1) is 24.3. The van der Waals surface area contributed by atoms with Crippen LogP contribution in [0.3, 0.4) is 0 Å². The van der Waals surface area contributed by atoms with Gasteiger partial charge in [0.05, 0.1) is 23.3 Å². The normalized spacial score (nSPS) is 12.5. The van der Waals surface area contributed by atoms with Crippen LogP contribution in [0, 0.1) is 0 Å². The zero-order valence-electron chi connectivity index (χ0n) is 19.2. The Hall–Kier alpha value is -2.38. The maximum atomic E-state index is 10.5. The topological polar surface area (TPSA) is 59.8 Å². The first-order chi connectivity index (χ1) is 15.4. The minimum Gasteiger partial charge on any atom is -0.437 e. The van der Waals surface area contributed by atoms with Crippen LogP contribution in [0.25, 0.3) is 11.3 Å². The summed E-state index contributed by atoms with van der Waals surface area (Å²) < 4.78 is 13.4. The number of benzene rings is 2. The molecule has 1 aromatic heterocycles. The van der Waals surface area contributed by atoms with Crippen molar-refractivity contribution in [2.24, 2.45) is 7.05 Å². The number of aromatic nitrogens is 2. The van der Waals surface area contributed by atoms with Gasteiger partial charge in [-0.25, -0.2) is 4.68 Å². The van der Waals surface area contributed by atoms with E-state index in [2.05, 4.69) is 18.7 Å². The number of nitrogens with zero attached hydrogens (tertiary/aromatic N) is 3. The van der Waals surface area contributed by atoms with Crippen molar-refractivity contribution in [1.82, 2.24) is 14.7 Å². The van der Waals surface area contributed by atoms with Gasteiger partial charge in [0.15, 0.2) is 0 Å². The molecule has 0 radical (unpaired) electrons. The molecule has 1 atom stereocenters. The van der Waals surface area contributed by atoms with Crippen molar-refractivity contribution in [3.63, 3.8) is 0 Å². The summed E-state index contributed by atoms with van der Waals surface area (Å²) in [5, 5.41) is 15.8. The minimum absolute atomic E-state index is 0.197. The van der Waals surface area contributed by atoms with E-state index in [4.69, 9.17) is 26.2 Å². The van der Waals surface area contributed by atoms with Gasteiger partial charge in [-0.3, -0.25) is 4.90 Å². The predicted octanol–water partition coefficient (Wildman–Crippen LogP) is 5.14. The van der Waals surface area contributed by atoms with Gasteiger partial charge in [-0.2, -0.15) is 5.10 Å². The van der Waals surface area contributed by atoms with Crippen LogP contribution >= 0.6 is 11.6 Å². The largest absolute Gasteiger partial charge is 0.437 e. The molecular formula is C25H32ClN3O3. The highest BCUT2D eigenvalue weighted by Gasteiger charge is 2.25. The van der Waals surface area contributed by atoms with Crippen molar-refractivity contribution < 1.29 is 14.6 Å². The van der Waals surface area contributed by atoms with Crippen LogP contribution in [-0.4, -0.2) is 51.7 Å². The van der Waals surface area contributed by atoms with Gasteiger partial charge in [0.1, 0.15) is 11.4 Å². The molecule has 0 spiro atoms. The molecule has 0 aliphatic rings. The van der Waals surface area contributed by atoms with Crippen molar-refractivity contribution in [3.8, 4) is 22.9 Å². The second-order valence-corrected chi connectivity index (χ2v) is 8.40. The highest BCUT2D eigenvalue weighted by atomic mass is 35.5. The van der Waals surface area contributed by atoms with Gasteiger partial charge in [0.2, 0.25) is 5.88 Å². The van der Waals surface area contributed by atoms with Gasteiger partial charge in [0, 0.05) is 38.3 Å². The lowest BCUT2D eigenvalue weighted by molar-refractivity contribution is 0.0132. The molecule has 0 bridgehead atoms. The summed E-state index contributed by atoms with van der Waals surface area (Å²) >= 11 is 6.36. The SMILES string of the molecule is CCOC[C@H](O)CN(Cc1c(-c2ccccc2)nn(C)c1Oc1ccccc1Cl)C(C)C. The number of hydrogen-bond acceptors (Lipinski definition) is 5. The van der Waals surface area contributed by atoms with E-state index in [1.165, 1.54) is 0 Å². The summed E-state index contributed by atoms with van der Waals surface area (Å²) in [6, 6.07) is 17.6. The number of aryl methyl sites for hydroxylation is 1. The van der Waals surface area contributed by atoms with Crippen LogP contribution in [0.5, 0.6) is 11.6 Å². The molecule has 1 N–H and O–H groups in total. The Balaban J connectivity index is 1.99. The Morgan fingerprint density at radius 1 is 1.09 bits per heavy atom. The van der Waals surface area contributed by atoms with Gasteiger partial charge in [-0.15, -0.1) is 0 Å². The number of rotatable bonds is 11. The first-order valence-electron chi connectivity index (χ1n) is 10.9. The van der Waals surface area contributed by atoms with Crippen molar-refractivity contribution in [2.45, 2.75) is 39.5 Å². The van der Waals surface area contributed by atoms with Crippen LogP contribution < -0.4 is 4.74 Å². The van der Waals surface area contributed by atoms with Crippen LogP contribution in [0.15, 0.2) is 54.6 Å². The lowest BCUT2D eigenvalue weighted by Crippen LogP contribution is -2.39. The summed E-state index contributed by atoms with van der Waals surface area (Å²) in [6.07, 6.45) is -0.581. The maximum Gasteiger partial charge on any atom is 0.222 e. The van der Waals surface area contributed by atoms with Crippen LogP contribution in [0.1, 0.15) is 26.3 Å². The van der Waals surface area contributed by atoms with Gasteiger partial charge in [0.25, 0.3) is 0 Å². The Labute approximate surface area is 195 Å². The minimum atomic E-state index is -0.581. The number of ether oxygens (including phenoxy) is 2. The summed E-state index contributed by atoms with van der Waals surface area (Å²) in [6.45, 7) is 8.07. The van der Waals surface area contributed by atoms with Crippen molar-refractivity contribution in [3.05, 3.63) is 65.2 Å². The van der Waals surface area contributed by atoms with Gasteiger partial charge in [-0.05, 0) is 32.9 Å². The molecule has 0 amide bonds. The lowest BCUT2D eigenvalue weighted by atomic mass is 10.1. The van der Waals surface area contributed by atoms with Crippen molar-refractivity contribution in [2.75, 3.05) is 19.8 Å². The molecule has 0 saturated heterocycles. The van der Waals surface area contributed by atoms with Gasteiger partial charge < -0.3 is 14.6 Å². The third-order valence-electron chi connectivity index (χ3n) is 5.23. The smallest absolute Gasteiger partial charge is 0.222 e. The second-order valence-electron chi connectivity index (χ2n) is 7.99. The van der Waals surface area contributed by atoms with E-state index in [1.54, 1.807) is 10.7 Å². The molecule has 172 valence electrons. The molecule has 7 heteroatoms. The molecule has 0 fully saturated rings. The van der Waals surface area contributed by atoms with Gasteiger partial charge in [-0.1, -0.05) is 54.1 Å². The number of para-hydroxylation sites is 1. The number of aliphatic hydroxyl groups excluding tert-OH is 1. The third kappa shape index (κ3) is 6.11. The van der Waals surface area contributed by atoms with E-state index in [9.17, 15) is 5.11 Å². The lowest BCUT2D eigenvalue weighted by Gasteiger charge is -2.29. The zero-order chi connectivity index (χ0) is 23.1. The molecule has 0 saturated carbocycles. The molecule has 1 heterocycles. The fourth-order valence-corrected chi connectivity index (χ4v) is 3.69. The molecule has 6 nitrogen and oxygen atoms in total.